The lowest BCUT2D eigenvalue weighted by Crippen LogP contribution is -2.74. The van der Waals surface area contributed by atoms with E-state index in [9.17, 15) is 29.2 Å². The van der Waals surface area contributed by atoms with Crippen molar-refractivity contribution in [3.05, 3.63) is 99.5 Å². The highest BCUT2D eigenvalue weighted by Gasteiger charge is 2.64. The fraction of sp³-hybridized carbons (Fsp3) is 0.395. The van der Waals surface area contributed by atoms with Crippen molar-refractivity contribution in [2.75, 3.05) is 13.2 Å². The molecule has 8 rings (SSSR count). The number of nitrogens with zero attached hydrogens (tertiary/aromatic N) is 6. The number of amides is 5. The number of nitrogens with one attached hydrogen (secondary N) is 2. The largest absolute Gasteiger partial charge is 0.494 e. The number of benzene rings is 2. The van der Waals surface area contributed by atoms with E-state index in [-0.39, 0.29) is 42.0 Å². The van der Waals surface area contributed by atoms with Crippen LogP contribution < -0.4 is 20.1 Å². The minimum absolute atomic E-state index is 0.0637. The Hall–Kier alpha value is -6.11. The van der Waals surface area contributed by atoms with Crippen molar-refractivity contribution in [2.24, 2.45) is 10.8 Å². The number of hydrogen-bond donors (Lipinski definition) is 2. The summed E-state index contributed by atoms with van der Waals surface area (Å²) >= 11 is 6.23. The molecule has 0 spiro atoms. The number of halogens is 1. The Bertz CT molecular complexity index is 2400. The van der Waals surface area contributed by atoms with Gasteiger partial charge in [-0.2, -0.15) is 10.4 Å². The lowest BCUT2D eigenvalue weighted by molar-refractivity contribution is -0.164. The highest BCUT2D eigenvalue weighted by Crippen LogP contribution is 2.55. The molecule has 4 aliphatic rings. The van der Waals surface area contributed by atoms with E-state index in [4.69, 9.17) is 26.2 Å². The van der Waals surface area contributed by atoms with Crippen LogP contribution >= 0.6 is 11.6 Å². The lowest BCUT2D eigenvalue weighted by Gasteiger charge is -2.63. The molecule has 4 aromatic rings. The van der Waals surface area contributed by atoms with Crippen molar-refractivity contribution >= 4 is 41.1 Å². The molecule has 5 amide bonds. The molecule has 304 valence electrons. The molecule has 1 aliphatic carbocycles. The Morgan fingerprint density at radius 3 is 2.44 bits per heavy atom. The predicted molar refractivity (Wildman–Crippen MR) is 213 cm³/mol. The molecule has 1 saturated heterocycles. The van der Waals surface area contributed by atoms with Crippen molar-refractivity contribution in [1.29, 1.82) is 5.26 Å². The summed E-state index contributed by atoms with van der Waals surface area (Å²) in [6.45, 7) is 10.9. The van der Waals surface area contributed by atoms with Gasteiger partial charge in [0.1, 0.15) is 29.7 Å². The minimum Gasteiger partial charge on any atom is -0.494 e. The van der Waals surface area contributed by atoms with Crippen LogP contribution in [0.1, 0.15) is 101 Å². The molecule has 1 unspecified atom stereocenters. The maximum absolute atomic E-state index is 13.4. The van der Waals surface area contributed by atoms with Crippen LogP contribution in [0.15, 0.2) is 60.9 Å². The van der Waals surface area contributed by atoms with Crippen LogP contribution in [-0.4, -0.2) is 85.4 Å². The zero-order valence-electron chi connectivity index (χ0n) is 33.1. The van der Waals surface area contributed by atoms with Crippen molar-refractivity contribution < 1.29 is 33.4 Å². The molecule has 5 heterocycles. The van der Waals surface area contributed by atoms with Crippen LogP contribution in [0.25, 0.3) is 5.82 Å². The van der Waals surface area contributed by atoms with Gasteiger partial charge in [-0.25, -0.2) is 9.67 Å². The van der Waals surface area contributed by atoms with E-state index in [1.165, 1.54) is 6.07 Å². The van der Waals surface area contributed by atoms with Gasteiger partial charge in [-0.05, 0) is 68.3 Å². The Balaban J connectivity index is 0.785. The van der Waals surface area contributed by atoms with Gasteiger partial charge in [0.2, 0.25) is 11.8 Å². The van der Waals surface area contributed by atoms with E-state index in [0.717, 1.165) is 42.1 Å². The van der Waals surface area contributed by atoms with Crippen LogP contribution in [0.5, 0.6) is 11.5 Å². The number of carbonyl (C=O) groups is 5. The molecule has 2 aromatic heterocycles. The van der Waals surface area contributed by atoms with Crippen LogP contribution in [0, 0.1) is 22.2 Å². The van der Waals surface area contributed by atoms with Crippen molar-refractivity contribution in [3.8, 4) is 23.4 Å². The van der Waals surface area contributed by atoms with Gasteiger partial charge in [-0.1, -0.05) is 39.3 Å². The molecule has 15 nitrogen and oxygen atoms in total. The first-order chi connectivity index (χ1) is 28.1. The molecule has 0 radical (unpaired) electrons. The molecule has 3 aliphatic heterocycles. The van der Waals surface area contributed by atoms with E-state index in [0.29, 0.717) is 46.6 Å². The summed E-state index contributed by atoms with van der Waals surface area (Å²) in [6.07, 6.45) is 5.12. The summed E-state index contributed by atoms with van der Waals surface area (Å²) in [4.78, 5) is 71.2. The van der Waals surface area contributed by atoms with Crippen molar-refractivity contribution in [1.82, 2.24) is 35.2 Å². The fourth-order valence-electron chi connectivity index (χ4n) is 9.13. The molecule has 0 bridgehead atoms. The number of hydrogen-bond acceptors (Lipinski definition) is 11. The molecular weight excluding hydrogens is 776 g/mol. The first-order valence-electron chi connectivity index (χ1n) is 19.6. The fourth-order valence-corrected chi connectivity index (χ4v) is 9.34. The van der Waals surface area contributed by atoms with Crippen LogP contribution in [0.2, 0.25) is 5.02 Å². The summed E-state index contributed by atoms with van der Waals surface area (Å²) in [7, 11) is 0. The maximum Gasteiger partial charge on any atom is 0.262 e. The highest BCUT2D eigenvalue weighted by atomic mass is 35.5. The van der Waals surface area contributed by atoms with E-state index in [1.54, 1.807) is 53.3 Å². The quantitative estimate of drug-likeness (QED) is 0.145. The predicted octanol–water partition coefficient (Wildman–Crippen LogP) is 4.98. The Morgan fingerprint density at radius 2 is 1.75 bits per heavy atom. The summed E-state index contributed by atoms with van der Waals surface area (Å²) < 4.78 is 14.0. The van der Waals surface area contributed by atoms with Crippen molar-refractivity contribution in [3.63, 3.8) is 0 Å². The number of ether oxygens (including phenoxy) is 2. The van der Waals surface area contributed by atoms with Gasteiger partial charge in [0.25, 0.3) is 17.7 Å². The summed E-state index contributed by atoms with van der Waals surface area (Å²) in [5.74, 6) is -0.755. The van der Waals surface area contributed by atoms with Gasteiger partial charge in [0, 0.05) is 60.4 Å². The minimum atomic E-state index is -1.01. The zero-order valence-corrected chi connectivity index (χ0v) is 33.8. The molecular formula is C43H43ClN8O7. The van der Waals surface area contributed by atoms with Gasteiger partial charge in [0.15, 0.2) is 5.82 Å². The average Bonchev–Trinajstić information content (AvgIpc) is 3.85. The van der Waals surface area contributed by atoms with Crippen molar-refractivity contribution in [2.45, 2.75) is 84.7 Å². The van der Waals surface area contributed by atoms with Crippen LogP contribution in [-0.2, 0) is 22.7 Å². The number of nitriles is 1. The molecule has 2 fully saturated rings. The SMILES string of the molecule is CC1(C)C(NC(=O)c2ccc(-n3cc4c(n3)CN(CCCCOc3ccc5c(c3)C(=O)N(C3CCC(=O)NC3=O)C5=O)C4)nc2)C(C)(C)C1Oc1ccc(C#N)c(Cl)c1. The van der Waals surface area contributed by atoms with Crippen LogP contribution in [0.3, 0.4) is 0 Å². The third-order valence-electron chi connectivity index (χ3n) is 11.9. The van der Waals surface area contributed by atoms with Crippen LogP contribution in [0.4, 0.5) is 0 Å². The molecule has 2 aromatic carbocycles. The Labute approximate surface area is 345 Å². The molecule has 1 atom stereocenters. The third kappa shape index (κ3) is 7.31. The molecule has 1 saturated carbocycles. The number of piperidine rings is 1. The zero-order chi connectivity index (χ0) is 41.8. The first kappa shape index (κ1) is 39.7. The molecule has 59 heavy (non-hydrogen) atoms. The second-order valence-electron chi connectivity index (χ2n) is 16.7. The van der Waals surface area contributed by atoms with E-state index < -0.39 is 40.5 Å². The topological polar surface area (TPSA) is 189 Å². The number of unbranched alkanes of at least 4 members (excludes halogenated alkanes) is 1. The summed E-state index contributed by atoms with van der Waals surface area (Å²) in [5, 5.41) is 19.7. The van der Waals surface area contributed by atoms with Gasteiger partial charge in [-0.3, -0.25) is 39.1 Å². The summed E-state index contributed by atoms with van der Waals surface area (Å²) in [6, 6.07) is 14.1. The van der Waals surface area contributed by atoms with Gasteiger partial charge < -0.3 is 14.8 Å². The van der Waals surface area contributed by atoms with E-state index >= 15 is 0 Å². The normalized spacial score (nSPS) is 21.6. The lowest BCUT2D eigenvalue weighted by atomic mass is 9.49. The Morgan fingerprint density at radius 1 is 0.983 bits per heavy atom. The number of pyridine rings is 1. The summed E-state index contributed by atoms with van der Waals surface area (Å²) in [5.41, 5.74) is 2.52. The number of aromatic nitrogens is 3. The highest BCUT2D eigenvalue weighted by molar-refractivity contribution is 6.31. The monoisotopic (exact) mass is 818 g/mol. The second-order valence-corrected chi connectivity index (χ2v) is 17.1. The Kier molecular flexibility index (Phi) is 10.3. The molecule has 16 heteroatoms. The number of rotatable bonds is 12. The van der Waals surface area contributed by atoms with Gasteiger partial charge in [-0.15, -0.1) is 0 Å². The number of fused-ring (bicyclic) bond motifs is 2. The standard InChI is InChI=1S/C43H43ClN8O7/c1-42(2)40(43(3,4)41(42)59-28-9-7-24(19-45)31(44)18-28)48-36(54)25-8-13-34(46-20-25)51-22-26-21-50(23-32(26)49-51)15-5-6-16-58-27-10-11-29-30(17-27)39(57)52(38(29)56)33-12-14-35(53)47-37(33)55/h7-11,13,17-18,20,22,33,40-41H,5-6,12,14-16,21,23H2,1-4H3,(H,48,54)(H,47,53,55). The average molecular weight is 819 g/mol. The van der Waals surface area contributed by atoms with Gasteiger partial charge >= 0.3 is 0 Å². The second kappa shape index (κ2) is 15.2. The van der Waals surface area contributed by atoms with Gasteiger partial charge in [0.05, 0.1) is 39.6 Å². The molecule has 2 N–H and O–H groups in total. The number of carbonyl (C=O) groups excluding carboxylic acids is 5. The number of imide groups is 2. The van der Waals surface area contributed by atoms with E-state index in [2.05, 4.69) is 54.3 Å². The van der Waals surface area contributed by atoms with E-state index in [1.807, 2.05) is 6.20 Å². The maximum atomic E-state index is 13.4. The smallest absolute Gasteiger partial charge is 0.262 e. The third-order valence-corrected chi connectivity index (χ3v) is 12.2. The first-order valence-corrected chi connectivity index (χ1v) is 20.0.